The Kier molecular flexibility index (Phi) is 5.65. The molecule has 0 bridgehead atoms. The van der Waals surface area contributed by atoms with Crippen LogP contribution in [0.5, 0.6) is 5.75 Å². The van der Waals surface area contributed by atoms with E-state index < -0.39 is 42.2 Å². The van der Waals surface area contributed by atoms with Gasteiger partial charge in [0.2, 0.25) is 12.0 Å². The molecule has 9 nitrogen and oxygen atoms in total. The molecule has 25 heavy (non-hydrogen) atoms. The topological polar surface area (TPSA) is 143 Å². The number of nitro groups is 1. The minimum atomic E-state index is -1.64. The second-order valence-corrected chi connectivity index (χ2v) is 6.25. The summed E-state index contributed by atoms with van der Waals surface area (Å²) in [6, 6.07) is 0. The van der Waals surface area contributed by atoms with Crippen LogP contribution in [0.25, 0.3) is 0 Å². The van der Waals surface area contributed by atoms with Gasteiger partial charge in [-0.15, -0.1) is 0 Å². The minimum Gasteiger partial charge on any atom is -0.454 e. The van der Waals surface area contributed by atoms with Crippen molar-refractivity contribution in [1.29, 1.82) is 0 Å². The van der Waals surface area contributed by atoms with E-state index in [1.165, 1.54) is 0 Å². The van der Waals surface area contributed by atoms with Crippen molar-refractivity contribution in [1.82, 2.24) is 0 Å². The lowest BCUT2D eigenvalue weighted by atomic mass is 9.96. The number of aliphatic hydroxyl groups is 4. The Morgan fingerprint density at radius 3 is 2.08 bits per heavy atom. The van der Waals surface area contributed by atoms with Crippen molar-refractivity contribution in [2.24, 2.45) is 0 Å². The molecule has 1 heterocycles. The van der Waals surface area contributed by atoms with Crippen molar-refractivity contribution < 1.29 is 34.8 Å². The molecule has 0 amide bonds. The average molecular weight is 357 g/mol. The number of nitrogens with zero attached hydrogens (tertiary/aromatic N) is 1. The standard InChI is InChI=1S/C16H23NO8/c1-6-7(2)9(4)15(11(8(6)3)17(22)23)25-16-14(21)13(20)12(19)10(5-18)24-16/h10,12-14,16,18-21H,5H2,1-4H3/t10-,12?,13?,14?,16?/m1/s1. The fourth-order valence-corrected chi connectivity index (χ4v) is 2.90. The first-order valence-corrected chi connectivity index (χ1v) is 7.83. The third-order valence-corrected chi connectivity index (χ3v) is 4.86. The second kappa shape index (κ2) is 7.22. The largest absolute Gasteiger partial charge is 0.454 e. The van der Waals surface area contributed by atoms with Gasteiger partial charge in [0.05, 0.1) is 11.5 Å². The van der Waals surface area contributed by atoms with Gasteiger partial charge in [-0.05, 0) is 38.8 Å². The highest BCUT2D eigenvalue weighted by Crippen LogP contribution is 2.40. The number of aliphatic hydroxyl groups excluding tert-OH is 4. The van der Waals surface area contributed by atoms with Crippen LogP contribution in [-0.4, -0.2) is 62.7 Å². The zero-order valence-electron chi connectivity index (χ0n) is 14.5. The third-order valence-electron chi connectivity index (χ3n) is 4.86. The smallest absolute Gasteiger partial charge is 0.314 e. The first kappa shape index (κ1) is 19.5. The lowest BCUT2D eigenvalue weighted by Crippen LogP contribution is -2.60. The van der Waals surface area contributed by atoms with Gasteiger partial charge in [-0.1, -0.05) is 0 Å². The Balaban J connectivity index is 2.47. The summed E-state index contributed by atoms with van der Waals surface area (Å²) >= 11 is 0. The maximum Gasteiger partial charge on any atom is 0.314 e. The van der Waals surface area contributed by atoms with Crippen molar-refractivity contribution in [2.75, 3.05) is 6.61 Å². The van der Waals surface area contributed by atoms with Crippen LogP contribution in [0.3, 0.4) is 0 Å². The highest BCUT2D eigenvalue weighted by molar-refractivity contribution is 5.62. The lowest BCUT2D eigenvalue weighted by Gasteiger charge is -2.39. The summed E-state index contributed by atoms with van der Waals surface area (Å²) in [7, 11) is 0. The number of hydrogen-bond acceptors (Lipinski definition) is 8. The summed E-state index contributed by atoms with van der Waals surface area (Å²) in [4.78, 5) is 10.9. The van der Waals surface area contributed by atoms with Crippen LogP contribution >= 0.6 is 0 Å². The molecule has 4 N–H and O–H groups in total. The van der Waals surface area contributed by atoms with Gasteiger partial charge in [0, 0.05) is 11.1 Å². The predicted octanol–water partition coefficient (Wildman–Crippen LogP) is 0.00718. The first-order chi connectivity index (χ1) is 11.6. The summed E-state index contributed by atoms with van der Waals surface area (Å²) in [5, 5.41) is 50.5. The van der Waals surface area contributed by atoms with Crippen LogP contribution in [0.15, 0.2) is 0 Å². The molecule has 0 radical (unpaired) electrons. The fraction of sp³-hybridized carbons (Fsp3) is 0.625. The van der Waals surface area contributed by atoms with Gasteiger partial charge in [-0.2, -0.15) is 0 Å². The van der Waals surface area contributed by atoms with E-state index in [4.69, 9.17) is 9.47 Å². The monoisotopic (exact) mass is 357 g/mol. The molecule has 1 aliphatic heterocycles. The second-order valence-electron chi connectivity index (χ2n) is 6.25. The minimum absolute atomic E-state index is 0.0741. The van der Waals surface area contributed by atoms with Gasteiger partial charge in [0.15, 0.2) is 0 Å². The quantitative estimate of drug-likeness (QED) is 0.436. The number of benzene rings is 1. The van der Waals surface area contributed by atoms with E-state index in [1.807, 2.05) is 0 Å². The average Bonchev–Trinajstić information content (AvgIpc) is 2.57. The molecule has 0 saturated carbocycles. The van der Waals surface area contributed by atoms with Gasteiger partial charge in [0.25, 0.3) is 0 Å². The van der Waals surface area contributed by atoms with Crippen LogP contribution < -0.4 is 4.74 Å². The molecule has 0 spiro atoms. The maximum absolute atomic E-state index is 11.5. The Hall–Kier alpha value is -1.78. The van der Waals surface area contributed by atoms with E-state index in [0.29, 0.717) is 11.1 Å². The van der Waals surface area contributed by atoms with Crippen LogP contribution in [0.4, 0.5) is 5.69 Å². The Morgan fingerprint density at radius 2 is 1.56 bits per heavy atom. The van der Waals surface area contributed by atoms with Gasteiger partial charge < -0.3 is 29.9 Å². The Bertz CT molecular complexity index is 675. The summed E-state index contributed by atoms with van der Waals surface area (Å²) in [6.45, 7) is 6.19. The number of nitro benzene ring substituents is 1. The van der Waals surface area contributed by atoms with Crippen LogP contribution in [0, 0.1) is 37.8 Å². The maximum atomic E-state index is 11.5. The normalized spacial score (nSPS) is 29.5. The molecule has 0 aliphatic carbocycles. The first-order valence-electron chi connectivity index (χ1n) is 7.83. The van der Waals surface area contributed by atoms with Crippen molar-refractivity contribution in [3.05, 3.63) is 32.4 Å². The molecule has 2 rings (SSSR count). The Labute approximate surface area is 144 Å². The molecule has 1 aromatic rings. The summed E-state index contributed by atoms with van der Waals surface area (Å²) in [6.07, 6.45) is -7.43. The molecular formula is C16H23NO8. The van der Waals surface area contributed by atoms with E-state index in [0.717, 1.165) is 11.1 Å². The van der Waals surface area contributed by atoms with Crippen LogP contribution in [0.1, 0.15) is 22.3 Å². The molecule has 0 aromatic heterocycles. The van der Waals surface area contributed by atoms with Crippen LogP contribution in [-0.2, 0) is 4.74 Å². The molecule has 1 aromatic carbocycles. The van der Waals surface area contributed by atoms with Gasteiger partial charge >= 0.3 is 5.69 Å². The SMILES string of the molecule is Cc1c(C)c(C)c([N+](=O)[O-])c(OC2O[C@H](CO)C(O)C(O)C2O)c1C. The zero-order valence-corrected chi connectivity index (χ0v) is 14.5. The molecule has 9 heteroatoms. The molecule has 1 aliphatic rings. The van der Waals surface area contributed by atoms with E-state index in [-0.39, 0.29) is 11.4 Å². The molecule has 1 saturated heterocycles. The van der Waals surface area contributed by atoms with E-state index in [2.05, 4.69) is 0 Å². The van der Waals surface area contributed by atoms with E-state index in [9.17, 15) is 30.5 Å². The number of ether oxygens (including phenoxy) is 2. The Morgan fingerprint density at radius 1 is 1.00 bits per heavy atom. The molecular weight excluding hydrogens is 334 g/mol. The van der Waals surface area contributed by atoms with Gasteiger partial charge in [0.1, 0.15) is 24.4 Å². The number of rotatable bonds is 4. The summed E-state index contributed by atoms with van der Waals surface area (Å²) in [5.41, 5.74) is 2.23. The number of hydrogen-bond donors (Lipinski definition) is 4. The lowest BCUT2D eigenvalue weighted by molar-refractivity contribution is -0.387. The van der Waals surface area contributed by atoms with E-state index >= 15 is 0 Å². The highest BCUT2D eigenvalue weighted by atomic mass is 16.7. The van der Waals surface area contributed by atoms with Crippen LogP contribution in [0.2, 0.25) is 0 Å². The zero-order chi connectivity index (χ0) is 19.0. The van der Waals surface area contributed by atoms with E-state index in [1.54, 1.807) is 27.7 Å². The molecule has 4 unspecified atom stereocenters. The highest BCUT2D eigenvalue weighted by Gasteiger charge is 2.45. The van der Waals surface area contributed by atoms with Gasteiger partial charge in [-0.3, -0.25) is 10.1 Å². The summed E-state index contributed by atoms with van der Waals surface area (Å²) < 4.78 is 10.8. The molecule has 1 fully saturated rings. The van der Waals surface area contributed by atoms with Gasteiger partial charge in [-0.25, -0.2) is 0 Å². The molecule has 5 atom stereocenters. The van der Waals surface area contributed by atoms with Crippen molar-refractivity contribution in [2.45, 2.75) is 58.4 Å². The van der Waals surface area contributed by atoms with Crippen molar-refractivity contribution >= 4 is 5.69 Å². The van der Waals surface area contributed by atoms with Crippen molar-refractivity contribution in [3.8, 4) is 5.75 Å². The van der Waals surface area contributed by atoms with Crippen molar-refractivity contribution in [3.63, 3.8) is 0 Å². The predicted molar refractivity (Wildman–Crippen MR) is 86.4 cm³/mol. The third kappa shape index (κ3) is 3.33. The summed E-state index contributed by atoms with van der Waals surface area (Å²) in [5.74, 6) is -0.0741. The fourth-order valence-electron chi connectivity index (χ4n) is 2.90. The molecule has 140 valence electrons.